The highest BCUT2D eigenvalue weighted by Crippen LogP contribution is 2.33. The number of carbonyl (C=O) groups is 1. The fraction of sp³-hybridized carbons (Fsp3) is 0.290. The van der Waals surface area contributed by atoms with Crippen LogP contribution in [0.25, 0.3) is 22.1 Å². The lowest BCUT2D eigenvalue weighted by Gasteiger charge is -2.26. The van der Waals surface area contributed by atoms with Gasteiger partial charge in [0.1, 0.15) is 36.2 Å². The minimum absolute atomic E-state index is 0.0114. The molecule has 11 nitrogen and oxygen atoms in total. The normalized spacial score (nSPS) is 15.3. The number of amides is 1. The zero-order valence-electron chi connectivity index (χ0n) is 24.0. The van der Waals surface area contributed by atoms with E-state index in [9.17, 15) is 4.79 Å². The van der Waals surface area contributed by atoms with Crippen LogP contribution in [0.1, 0.15) is 51.2 Å². The molecular formula is C31H32N8O3. The Morgan fingerprint density at radius 2 is 1.93 bits per heavy atom. The van der Waals surface area contributed by atoms with Crippen molar-refractivity contribution in [1.29, 1.82) is 0 Å². The number of anilines is 2. The van der Waals surface area contributed by atoms with E-state index in [0.29, 0.717) is 23.1 Å². The first kappa shape index (κ1) is 27.1. The lowest BCUT2D eigenvalue weighted by Crippen LogP contribution is -2.39. The van der Waals surface area contributed by atoms with Crippen LogP contribution in [0.4, 0.5) is 16.3 Å². The predicted octanol–water partition coefficient (Wildman–Crippen LogP) is 6.37. The van der Waals surface area contributed by atoms with Crippen LogP contribution in [-0.4, -0.2) is 47.3 Å². The van der Waals surface area contributed by atoms with E-state index in [1.165, 1.54) is 5.57 Å². The van der Waals surface area contributed by atoms with Crippen molar-refractivity contribution in [2.24, 2.45) is 0 Å². The molecule has 2 N–H and O–H groups in total. The summed E-state index contributed by atoms with van der Waals surface area (Å²) in [6.07, 6.45) is 9.09. The fourth-order valence-electron chi connectivity index (χ4n) is 4.96. The number of allylic oxidation sites excluding steroid dienone is 1. The molecule has 0 bridgehead atoms. The first-order chi connectivity index (χ1) is 20.2. The zero-order chi connectivity index (χ0) is 29.3. The monoisotopic (exact) mass is 564 g/mol. The van der Waals surface area contributed by atoms with Crippen LogP contribution in [-0.2, 0) is 4.74 Å². The average molecular weight is 565 g/mol. The average Bonchev–Trinajstić information content (AvgIpc) is 3.42. The number of aryl methyl sites for hydroxylation is 1. The van der Waals surface area contributed by atoms with Crippen molar-refractivity contribution < 1.29 is 14.3 Å². The molecule has 0 radical (unpaired) electrons. The van der Waals surface area contributed by atoms with Crippen LogP contribution in [0.3, 0.4) is 0 Å². The van der Waals surface area contributed by atoms with Gasteiger partial charge in [0.05, 0.1) is 5.52 Å². The van der Waals surface area contributed by atoms with Crippen molar-refractivity contribution in [3.8, 4) is 11.6 Å². The second-order valence-corrected chi connectivity index (χ2v) is 11.3. The van der Waals surface area contributed by atoms with Crippen LogP contribution >= 0.6 is 0 Å². The molecule has 5 aromatic rings. The number of carbonyl (C=O) groups excluding carboxylic acids is 1. The molecule has 42 heavy (non-hydrogen) atoms. The molecule has 11 heteroatoms. The highest BCUT2D eigenvalue weighted by Gasteiger charge is 2.23. The number of fused-ring (bicyclic) bond motifs is 2. The summed E-state index contributed by atoms with van der Waals surface area (Å²) in [7, 11) is 0. The van der Waals surface area contributed by atoms with Gasteiger partial charge in [0.2, 0.25) is 5.88 Å². The van der Waals surface area contributed by atoms with Gasteiger partial charge in [-0.25, -0.2) is 19.7 Å². The van der Waals surface area contributed by atoms with E-state index in [1.807, 2.05) is 52.0 Å². The van der Waals surface area contributed by atoms with Crippen LogP contribution in [0.15, 0.2) is 67.5 Å². The van der Waals surface area contributed by atoms with Gasteiger partial charge in [-0.2, -0.15) is 0 Å². The molecule has 1 unspecified atom stereocenters. The first-order valence-electron chi connectivity index (χ1n) is 13.8. The Balaban J connectivity index is 1.19. The Morgan fingerprint density at radius 3 is 2.76 bits per heavy atom. The number of nitrogens with zero attached hydrogens (tertiary/aromatic N) is 6. The van der Waals surface area contributed by atoms with Crippen molar-refractivity contribution in [2.75, 3.05) is 5.32 Å². The molecule has 1 aliphatic rings. The maximum Gasteiger partial charge on any atom is 0.407 e. The summed E-state index contributed by atoms with van der Waals surface area (Å²) in [6, 6.07) is 13.8. The van der Waals surface area contributed by atoms with Gasteiger partial charge >= 0.3 is 6.09 Å². The van der Waals surface area contributed by atoms with Crippen molar-refractivity contribution in [3.05, 3.63) is 78.6 Å². The van der Waals surface area contributed by atoms with Crippen molar-refractivity contribution in [2.45, 2.75) is 58.6 Å². The van der Waals surface area contributed by atoms with Crippen molar-refractivity contribution in [1.82, 2.24) is 34.9 Å². The van der Waals surface area contributed by atoms with Crippen molar-refractivity contribution >= 4 is 39.7 Å². The van der Waals surface area contributed by atoms with E-state index in [2.05, 4.69) is 54.0 Å². The number of ether oxygens (including phenoxy) is 2. The summed E-state index contributed by atoms with van der Waals surface area (Å²) < 4.78 is 13.2. The molecule has 214 valence electrons. The zero-order valence-corrected chi connectivity index (χ0v) is 24.0. The van der Waals surface area contributed by atoms with E-state index in [4.69, 9.17) is 9.47 Å². The summed E-state index contributed by atoms with van der Waals surface area (Å²) in [4.78, 5) is 25.7. The van der Waals surface area contributed by atoms with Gasteiger partial charge in [-0.15, -0.1) is 10.2 Å². The summed E-state index contributed by atoms with van der Waals surface area (Å²) in [5.74, 6) is 1.83. The second kappa shape index (κ2) is 11.1. The summed E-state index contributed by atoms with van der Waals surface area (Å²) in [6.45, 7) is 7.57. The van der Waals surface area contributed by atoms with Crippen molar-refractivity contribution in [3.63, 3.8) is 0 Å². The van der Waals surface area contributed by atoms with Crippen LogP contribution in [0.5, 0.6) is 11.6 Å². The Labute approximate surface area is 243 Å². The van der Waals surface area contributed by atoms with Gasteiger partial charge in [-0.05, 0) is 94.0 Å². The smallest absolute Gasteiger partial charge is 0.407 e. The van der Waals surface area contributed by atoms with E-state index in [0.717, 1.165) is 47.0 Å². The van der Waals surface area contributed by atoms with Crippen LogP contribution in [0.2, 0.25) is 0 Å². The van der Waals surface area contributed by atoms with Crippen LogP contribution in [0, 0.1) is 6.92 Å². The van der Waals surface area contributed by atoms with E-state index < -0.39 is 5.60 Å². The molecule has 3 aromatic heterocycles. The summed E-state index contributed by atoms with van der Waals surface area (Å²) in [5.41, 5.74) is 5.01. The van der Waals surface area contributed by atoms with Gasteiger partial charge in [-0.1, -0.05) is 12.1 Å². The van der Waals surface area contributed by atoms with E-state index >= 15 is 0 Å². The molecule has 0 saturated heterocycles. The standard InChI is InChI=1S/C31H32N8O3/c1-19-12-23(9-11-26(19)41-28-15-27-38-35-18-39(27)17-34-28)36-29-24-14-21(8-10-25(24)32-16-33-29)20-6-5-7-22(13-20)37-30(40)42-31(2,3)4/h6,8-12,14-18,22H,5,7,13H2,1-4H3,(H,37,40)(H,32,33,36). The molecular weight excluding hydrogens is 532 g/mol. The lowest BCUT2D eigenvalue weighted by molar-refractivity contribution is 0.0502. The number of rotatable bonds is 6. The maximum atomic E-state index is 12.3. The molecule has 0 aliphatic heterocycles. The third-order valence-corrected chi connectivity index (χ3v) is 6.91. The molecule has 6 rings (SSSR count). The molecule has 0 saturated carbocycles. The van der Waals surface area contributed by atoms with Gasteiger partial charge in [0, 0.05) is 23.2 Å². The predicted molar refractivity (Wildman–Crippen MR) is 160 cm³/mol. The largest absolute Gasteiger partial charge is 0.444 e. The number of benzene rings is 2. The molecule has 2 aromatic carbocycles. The Morgan fingerprint density at radius 1 is 1.05 bits per heavy atom. The third kappa shape index (κ3) is 6.14. The SMILES string of the molecule is Cc1cc(Nc2ncnc3ccc(C4=CCCC(NC(=O)OC(C)(C)C)C4)cc23)ccc1Oc1cc2nncn2cn1. The third-order valence-electron chi connectivity index (χ3n) is 6.91. The van der Waals surface area contributed by atoms with E-state index in [1.54, 1.807) is 29.4 Å². The fourth-order valence-corrected chi connectivity index (χ4v) is 4.96. The molecule has 1 aliphatic carbocycles. The van der Waals surface area contributed by atoms with Gasteiger partial charge < -0.3 is 20.1 Å². The molecule has 1 amide bonds. The number of aromatic nitrogens is 6. The Hall–Kier alpha value is -5.06. The minimum Gasteiger partial charge on any atom is -0.444 e. The van der Waals surface area contributed by atoms with E-state index in [-0.39, 0.29) is 12.1 Å². The maximum absolute atomic E-state index is 12.3. The van der Waals surface area contributed by atoms with Gasteiger partial charge in [0.15, 0.2) is 5.65 Å². The Kier molecular flexibility index (Phi) is 7.15. The number of nitrogens with one attached hydrogen (secondary N) is 2. The minimum atomic E-state index is -0.532. The van der Waals surface area contributed by atoms with Gasteiger partial charge in [0.25, 0.3) is 0 Å². The topological polar surface area (TPSA) is 128 Å². The molecule has 1 atom stereocenters. The highest BCUT2D eigenvalue weighted by molar-refractivity contribution is 5.93. The number of hydrogen-bond donors (Lipinski definition) is 2. The van der Waals surface area contributed by atoms with Crippen LogP contribution < -0.4 is 15.4 Å². The lowest BCUT2D eigenvalue weighted by atomic mass is 9.89. The molecule has 3 heterocycles. The summed E-state index contributed by atoms with van der Waals surface area (Å²) >= 11 is 0. The molecule has 0 fully saturated rings. The second-order valence-electron chi connectivity index (χ2n) is 11.3. The Bertz CT molecular complexity index is 1810. The number of hydrogen-bond acceptors (Lipinski definition) is 9. The number of alkyl carbamates (subject to hydrolysis) is 1. The van der Waals surface area contributed by atoms with Gasteiger partial charge in [-0.3, -0.25) is 4.40 Å². The summed E-state index contributed by atoms with van der Waals surface area (Å²) in [5, 5.41) is 15.3. The first-order valence-corrected chi connectivity index (χ1v) is 13.8. The quantitative estimate of drug-likeness (QED) is 0.242. The highest BCUT2D eigenvalue weighted by atomic mass is 16.6. The molecule has 0 spiro atoms.